The molecular weight excluding hydrogens is 230 g/mol. The monoisotopic (exact) mass is 249 g/mol. The first-order valence-electron chi connectivity index (χ1n) is 6.32. The number of hydrogen-bond donors (Lipinski definition) is 3. The van der Waals surface area contributed by atoms with E-state index in [-0.39, 0.29) is 18.1 Å². The van der Waals surface area contributed by atoms with E-state index in [0.29, 0.717) is 5.69 Å². The fraction of sp³-hybridized carbons (Fsp3) is 0.538. The van der Waals surface area contributed by atoms with Crippen LogP contribution in [0.2, 0.25) is 0 Å². The third-order valence-electron chi connectivity index (χ3n) is 3.42. The molecule has 0 radical (unpaired) electrons. The SMILES string of the molecule is Nc1cccnc1C(=O)NCC1(O)CCCCC1. The number of carbonyl (C=O) groups excluding carboxylic acids is 1. The van der Waals surface area contributed by atoms with Crippen LogP contribution in [0.15, 0.2) is 18.3 Å². The zero-order valence-corrected chi connectivity index (χ0v) is 10.4. The van der Waals surface area contributed by atoms with Gasteiger partial charge in [0.2, 0.25) is 0 Å². The van der Waals surface area contributed by atoms with E-state index in [1.165, 1.54) is 6.20 Å². The second kappa shape index (κ2) is 5.35. The van der Waals surface area contributed by atoms with E-state index in [1.807, 2.05) is 0 Å². The molecule has 5 nitrogen and oxygen atoms in total. The van der Waals surface area contributed by atoms with E-state index < -0.39 is 5.60 Å². The number of aliphatic hydroxyl groups is 1. The van der Waals surface area contributed by atoms with E-state index in [1.54, 1.807) is 12.1 Å². The van der Waals surface area contributed by atoms with E-state index >= 15 is 0 Å². The average molecular weight is 249 g/mol. The Balaban J connectivity index is 1.94. The first-order chi connectivity index (χ1) is 8.61. The number of nitrogens with one attached hydrogen (secondary N) is 1. The molecule has 98 valence electrons. The summed E-state index contributed by atoms with van der Waals surface area (Å²) in [5.41, 5.74) is 5.48. The van der Waals surface area contributed by atoms with Crippen LogP contribution >= 0.6 is 0 Å². The fourth-order valence-corrected chi connectivity index (χ4v) is 2.32. The second-order valence-electron chi connectivity index (χ2n) is 4.91. The molecule has 0 aromatic carbocycles. The lowest BCUT2D eigenvalue weighted by molar-refractivity contribution is 0.00522. The van der Waals surface area contributed by atoms with E-state index in [0.717, 1.165) is 32.1 Å². The largest absolute Gasteiger partial charge is 0.397 e. The second-order valence-corrected chi connectivity index (χ2v) is 4.91. The highest BCUT2D eigenvalue weighted by Crippen LogP contribution is 2.27. The summed E-state index contributed by atoms with van der Waals surface area (Å²) in [5, 5.41) is 13.0. The number of amides is 1. The van der Waals surface area contributed by atoms with Gasteiger partial charge in [-0.3, -0.25) is 4.79 Å². The Labute approximate surface area is 106 Å². The van der Waals surface area contributed by atoms with Gasteiger partial charge < -0.3 is 16.2 Å². The summed E-state index contributed by atoms with van der Waals surface area (Å²) in [7, 11) is 0. The van der Waals surface area contributed by atoms with Crippen molar-refractivity contribution in [2.75, 3.05) is 12.3 Å². The summed E-state index contributed by atoms with van der Waals surface area (Å²) in [5.74, 6) is -0.327. The molecule has 1 heterocycles. The average Bonchev–Trinajstić information content (AvgIpc) is 2.38. The molecule has 5 heteroatoms. The minimum Gasteiger partial charge on any atom is -0.397 e. The summed E-state index contributed by atoms with van der Waals surface area (Å²) in [6.07, 6.45) is 6.19. The van der Waals surface area contributed by atoms with Crippen LogP contribution in [0.4, 0.5) is 5.69 Å². The van der Waals surface area contributed by atoms with Gasteiger partial charge in [-0.05, 0) is 25.0 Å². The van der Waals surface area contributed by atoms with Gasteiger partial charge in [-0.2, -0.15) is 0 Å². The van der Waals surface area contributed by atoms with Crippen LogP contribution in [-0.4, -0.2) is 28.1 Å². The molecule has 0 spiro atoms. The van der Waals surface area contributed by atoms with Crippen molar-refractivity contribution >= 4 is 11.6 Å². The normalized spacial score (nSPS) is 18.3. The number of nitrogens with two attached hydrogens (primary N) is 1. The zero-order chi connectivity index (χ0) is 13.0. The molecule has 2 rings (SSSR count). The Morgan fingerprint density at radius 3 is 2.83 bits per heavy atom. The van der Waals surface area contributed by atoms with Crippen molar-refractivity contribution in [3.63, 3.8) is 0 Å². The standard InChI is InChI=1S/C13H19N3O2/c14-10-5-4-8-15-11(10)12(17)16-9-13(18)6-2-1-3-7-13/h4-5,8,18H,1-3,6-7,9,14H2,(H,16,17). The topological polar surface area (TPSA) is 88.2 Å². The van der Waals surface area contributed by atoms with E-state index in [4.69, 9.17) is 5.73 Å². The molecular formula is C13H19N3O2. The van der Waals surface area contributed by atoms with Crippen molar-refractivity contribution in [1.82, 2.24) is 10.3 Å². The van der Waals surface area contributed by atoms with Crippen molar-refractivity contribution in [1.29, 1.82) is 0 Å². The molecule has 1 aliphatic carbocycles. The number of nitrogens with zero attached hydrogens (tertiary/aromatic N) is 1. The maximum Gasteiger partial charge on any atom is 0.272 e. The molecule has 18 heavy (non-hydrogen) atoms. The van der Waals surface area contributed by atoms with Gasteiger partial charge >= 0.3 is 0 Å². The Morgan fingerprint density at radius 1 is 1.44 bits per heavy atom. The first-order valence-corrected chi connectivity index (χ1v) is 6.32. The molecule has 1 fully saturated rings. The molecule has 0 bridgehead atoms. The first kappa shape index (κ1) is 12.8. The quantitative estimate of drug-likeness (QED) is 0.748. The Kier molecular flexibility index (Phi) is 3.81. The minimum absolute atomic E-state index is 0.219. The van der Waals surface area contributed by atoms with Crippen LogP contribution in [0.25, 0.3) is 0 Å². The van der Waals surface area contributed by atoms with Crippen molar-refractivity contribution in [3.05, 3.63) is 24.0 Å². The summed E-state index contributed by atoms with van der Waals surface area (Å²) in [6.45, 7) is 0.266. The van der Waals surface area contributed by atoms with Gasteiger partial charge in [0.05, 0.1) is 11.3 Å². The van der Waals surface area contributed by atoms with Gasteiger partial charge in [0.15, 0.2) is 5.69 Å². The molecule has 0 aliphatic heterocycles. The molecule has 1 aliphatic rings. The van der Waals surface area contributed by atoms with Crippen LogP contribution in [0.5, 0.6) is 0 Å². The molecule has 1 aromatic heterocycles. The highest BCUT2D eigenvalue weighted by atomic mass is 16.3. The Morgan fingerprint density at radius 2 is 2.17 bits per heavy atom. The van der Waals surface area contributed by atoms with Crippen LogP contribution in [-0.2, 0) is 0 Å². The maximum absolute atomic E-state index is 11.9. The number of carbonyl (C=O) groups is 1. The molecule has 0 saturated heterocycles. The zero-order valence-electron chi connectivity index (χ0n) is 10.4. The molecule has 1 saturated carbocycles. The number of aromatic nitrogens is 1. The predicted molar refractivity (Wildman–Crippen MR) is 69.0 cm³/mol. The fourth-order valence-electron chi connectivity index (χ4n) is 2.32. The maximum atomic E-state index is 11.9. The van der Waals surface area contributed by atoms with Gasteiger partial charge in [-0.15, -0.1) is 0 Å². The van der Waals surface area contributed by atoms with Gasteiger partial charge in [-0.1, -0.05) is 19.3 Å². The van der Waals surface area contributed by atoms with Gasteiger partial charge in [0.25, 0.3) is 5.91 Å². The van der Waals surface area contributed by atoms with Gasteiger partial charge in [-0.25, -0.2) is 4.98 Å². The van der Waals surface area contributed by atoms with Crippen LogP contribution < -0.4 is 11.1 Å². The lowest BCUT2D eigenvalue weighted by atomic mass is 9.85. The number of hydrogen-bond acceptors (Lipinski definition) is 4. The molecule has 4 N–H and O–H groups in total. The highest BCUT2D eigenvalue weighted by molar-refractivity contribution is 5.97. The minimum atomic E-state index is -0.766. The lowest BCUT2D eigenvalue weighted by Crippen LogP contribution is -2.44. The summed E-state index contributed by atoms with van der Waals surface area (Å²) in [6, 6.07) is 3.32. The van der Waals surface area contributed by atoms with Crippen LogP contribution in [0, 0.1) is 0 Å². The summed E-state index contributed by atoms with van der Waals surface area (Å²) in [4.78, 5) is 15.8. The Hall–Kier alpha value is -1.62. The third kappa shape index (κ3) is 2.98. The van der Waals surface area contributed by atoms with E-state index in [9.17, 15) is 9.90 Å². The van der Waals surface area contributed by atoms with Crippen LogP contribution in [0.3, 0.4) is 0 Å². The number of nitrogen functional groups attached to an aromatic ring is 1. The lowest BCUT2D eigenvalue weighted by Gasteiger charge is -2.32. The van der Waals surface area contributed by atoms with Crippen LogP contribution in [0.1, 0.15) is 42.6 Å². The van der Waals surface area contributed by atoms with E-state index in [2.05, 4.69) is 10.3 Å². The molecule has 0 unspecified atom stereocenters. The van der Waals surface area contributed by atoms with Crippen molar-refractivity contribution in [2.45, 2.75) is 37.7 Å². The summed E-state index contributed by atoms with van der Waals surface area (Å²) >= 11 is 0. The molecule has 1 amide bonds. The van der Waals surface area contributed by atoms with Crippen molar-refractivity contribution in [2.24, 2.45) is 0 Å². The van der Waals surface area contributed by atoms with Crippen molar-refractivity contribution < 1.29 is 9.90 Å². The van der Waals surface area contributed by atoms with Crippen molar-refractivity contribution in [3.8, 4) is 0 Å². The smallest absolute Gasteiger partial charge is 0.272 e. The van der Waals surface area contributed by atoms with Gasteiger partial charge in [0.1, 0.15) is 0 Å². The molecule has 1 aromatic rings. The van der Waals surface area contributed by atoms with Gasteiger partial charge in [0, 0.05) is 12.7 Å². The Bertz CT molecular complexity index is 428. The third-order valence-corrected chi connectivity index (χ3v) is 3.42. The number of rotatable bonds is 3. The number of pyridine rings is 1. The number of anilines is 1. The highest BCUT2D eigenvalue weighted by Gasteiger charge is 2.29. The predicted octanol–water partition coefficient (Wildman–Crippen LogP) is 1.09. The molecule has 0 atom stereocenters. The summed E-state index contributed by atoms with van der Waals surface area (Å²) < 4.78 is 0.